The van der Waals surface area contributed by atoms with Crippen molar-refractivity contribution in [3.63, 3.8) is 0 Å². The van der Waals surface area contributed by atoms with Crippen molar-refractivity contribution >= 4 is 7.32 Å². The molecule has 0 aliphatic carbocycles. The minimum atomic E-state index is -2.17. The number of hydrogen-bond donors (Lipinski definition) is 3. The average molecular weight is 244 g/mol. The Balaban J connectivity index is 0.000000557. The maximum absolute atomic E-state index is 7.17. The van der Waals surface area contributed by atoms with Crippen LogP contribution in [-0.4, -0.2) is 43.7 Å². The van der Waals surface area contributed by atoms with Gasteiger partial charge in [0.25, 0.3) is 0 Å². The minimum Gasteiger partial charge on any atom is -0.493 e. The van der Waals surface area contributed by atoms with Crippen molar-refractivity contribution < 1.29 is 29.3 Å². The molecule has 0 heterocycles. The highest BCUT2D eigenvalue weighted by Crippen LogP contribution is 2.37. The first-order valence-electron chi connectivity index (χ1n) is 4.77. The second-order valence-corrected chi connectivity index (χ2v) is 3.05. The highest BCUT2D eigenvalue weighted by atomic mass is 16.5. The molecular weight excluding hydrogens is 227 g/mol. The molecule has 0 atom stereocenters. The van der Waals surface area contributed by atoms with Crippen LogP contribution in [0.3, 0.4) is 0 Å². The van der Waals surface area contributed by atoms with Gasteiger partial charge in [0, 0.05) is 0 Å². The van der Waals surface area contributed by atoms with E-state index in [2.05, 4.69) is 0 Å². The minimum absolute atomic E-state index is 0.635. The summed E-state index contributed by atoms with van der Waals surface area (Å²) in [6.07, 6.45) is 0. The van der Waals surface area contributed by atoms with Gasteiger partial charge < -0.3 is 29.3 Å². The van der Waals surface area contributed by atoms with Crippen LogP contribution >= 0.6 is 0 Å². The fraction of sp³-hybridized carbons (Fsp3) is 0.400. The van der Waals surface area contributed by atoms with Crippen LogP contribution in [0.5, 0.6) is 17.2 Å². The average Bonchev–Trinajstić information content (AvgIpc) is 2.26. The smallest absolute Gasteiger partial charge is 0.493 e. The molecule has 3 N–H and O–H groups in total. The zero-order chi connectivity index (χ0) is 13.4. The first-order chi connectivity index (χ1) is 7.96. The molecule has 0 amide bonds. The summed E-state index contributed by atoms with van der Waals surface area (Å²) in [5.41, 5.74) is 1.08. The van der Waals surface area contributed by atoms with Gasteiger partial charge in [-0.2, -0.15) is 0 Å². The lowest BCUT2D eigenvalue weighted by Crippen LogP contribution is -2.07. The Morgan fingerprint density at radius 3 is 1.47 bits per heavy atom. The van der Waals surface area contributed by atoms with E-state index in [1.807, 2.05) is 19.1 Å². The van der Waals surface area contributed by atoms with Gasteiger partial charge in [0.1, 0.15) is 0 Å². The number of aryl methyl sites for hydroxylation is 1. The molecule has 0 unspecified atom stereocenters. The summed E-state index contributed by atoms with van der Waals surface area (Å²) < 4.78 is 15.5. The monoisotopic (exact) mass is 244 g/mol. The van der Waals surface area contributed by atoms with Crippen molar-refractivity contribution in [2.75, 3.05) is 21.3 Å². The van der Waals surface area contributed by atoms with E-state index in [0.717, 1.165) is 5.56 Å². The van der Waals surface area contributed by atoms with Crippen molar-refractivity contribution in [2.24, 2.45) is 0 Å². The van der Waals surface area contributed by atoms with E-state index in [1.54, 1.807) is 21.3 Å². The number of benzene rings is 1. The second kappa shape index (κ2) is 7.78. The molecule has 96 valence electrons. The highest BCUT2D eigenvalue weighted by molar-refractivity contribution is 6.30. The van der Waals surface area contributed by atoms with E-state index in [-0.39, 0.29) is 0 Å². The maximum atomic E-state index is 7.17. The van der Waals surface area contributed by atoms with Crippen molar-refractivity contribution in [3.05, 3.63) is 17.7 Å². The molecule has 6 nitrogen and oxygen atoms in total. The van der Waals surface area contributed by atoms with Crippen molar-refractivity contribution in [1.29, 1.82) is 0 Å². The van der Waals surface area contributed by atoms with Crippen molar-refractivity contribution in [2.45, 2.75) is 6.92 Å². The van der Waals surface area contributed by atoms with E-state index in [4.69, 9.17) is 29.3 Å². The van der Waals surface area contributed by atoms with E-state index in [0.29, 0.717) is 17.2 Å². The number of rotatable bonds is 3. The Hall–Kier alpha value is -1.44. The Kier molecular flexibility index (Phi) is 7.12. The van der Waals surface area contributed by atoms with Gasteiger partial charge in [-0.1, -0.05) is 0 Å². The molecule has 1 rings (SSSR count). The molecule has 0 spiro atoms. The molecule has 1 aromatic rings. The summed E-state index contributed by atoms with van der Waals surface area (Å²) in [6.45, 7) is 1.98. The standard InChI is InChI=1S/C10H14O3.BH3O3/c1-7-5-8(11-2)10(13-4)9(6-7)12-3;2-1(3)4/h5-6H,1-4H3;2-4H. The molecular formula is C10H17BO6. The van der Waals surface area contributed by atoms with Crippen LogP contribution in [0.2, 0.25) is 0 Å². The highest BCUT2D eigenvalue weighted by Gasteiger charge is 2.10. The van der Waals surface area contributed by atoms with Crippen LogP contribution in [0, 0.1) is 6.92 Å². The Labute approximate surface area is 101 Å². The topological polar surface area (TPSA) is 88.4 Å². The zero-order valence-corrected chi connectivity index (χ0v) is 10.3. The van der Waals surface area contributed by atoms with E-state index in [9.17, 15) is 0 Å². The number of ether oxygens (including phenoxy) is 3. The number of methoxy groups -OCH3 is 3. The summed E-state index contributed by atoms with van der Waals surface area (Å²) in [6, 6.07) is 3.81. The molecule has 0 saturated heterocycles. The first-order valence-corrected chi connectivity index (χ1v) is 4.77. The van der Waals surface area contributed by atoms with Crippen molar-refractivity contribution in [3.8, 4) is 17.2 Å². The van der Waals surface area contributed by atoms with Crippen LogP contribution in [0.1, 0.15) is 5.56 Å². The van der Waals surface area contributed by atoms with E-state index < -0.39 is 7.32 Å². The van der Waals surface area contributed by atoms with Gasteiger partial charge in [-0.3, -0.25) is 0 Å². The third-order valence-electron chi connectivity index (χ3n) is 1.81. The normalized spacial score (nSPS) is 8.88. The molecule has 0 aromatic heterocycles. The summed E-state index contributed by atoms with van der Waals surface area (Å²) in [5.74, 6) is 2.02. The molecule has 17 heavy (non-hydrogen) atoms. The lowest BCUT2D eigenvalue weighted by Gasteiger charge is -2.12. The van der Waals surface area contributed by atoms with Gasteiger partial charge in [-0.05, 0) is 24.6 Å². The van der Waals surface area contributed by atoms with Gasteiger partial charge >= 0.3 is 7.32 Å². The van der Waals surface area contributed by atoms with Gasteiger partial charge in [-0.25, -0.2) is 0 Å². The van der Waals surface area contributed by atoms with Crippen LogP contribution in [0.25, 0.3) is 0 Å². The maximum Gasteiger partial charge on any atom is 0.631 e. The van der Waals surface area contributed by atoms with Crippen LogP contribution in [-0.2, 0) is 0 Å². The first kappa shape index (κ1) is 15.6. The third-order valence-corrected chi connectivity index (χ3v) is 1.81. The van der Waals surface area contributed by atoms with E-state index in [1.165, 1.54) is 0 Å². The summed E-state index contributed by atoms with van der Waals surface area (Å²) in [5, 5.41) is 21.5. The fourth-order valence-corrected chi connectivity index (χ4v) is 1.21. The number of hydrogen-bond acceptors (Lipinski definition) is 6. The van der Waals surface area contributed by atoms with Crippen LogP contribution in [0.15, 0.2) is 12.1 Å². The Morgan fingerprint density at radius 2 is 1.24 bits per heavy atom. The Bertz CT molecular complexity index is 314. The molecule has 0 saturated carbocycles. The van der Waals surface area contributed by atoms with Crippen LogP contribution in [0.4, 0.5) is 0 Å². The lowest BCUT2D eigenvalue weighted by molar-refractivity contribution is 0.278. The Morgan fingerprint density at radius 1 is 0.882 bits per heavy atom. The molecule has 0 aliphatic rings. The second-order valence-electron chi connectivity index (χ2n) is 3.05. The largest absolute Gasteiger partial charge is 0.631 e. The molecule has 0 aliphatic heterocycles. The summed E-state index contributed by atoms with van der Waals surface area (Å²) in [4.78, 5) is 0. The molecule has 0 fully saturated rings. The predicted octanol–water partition coefficient (Wildman–Crippen LogP) is -0.0310. The van der Waals surface area contributed by atoms with E-state index >= 15 is 0 Å². The third kappa shape index (κ3) is 5.44. The fourth-order valence-electron chi connectivity index (χ4n) is 1.21. The van der Waals surface area contributed by atoms with Gasteiger partial charge in [0.2, 0.25) is 5.75 Å². The van der Waals surface area contributed by atoms with Crippen molar-refractivity contribution in [1.82, 2.24) is 0 Å². The molecule has 0 bridgehead atoms. The summed E-state index contributed by atoms with van der Waals surface area (Å²) in [7, 11) is 2.64. The molecule has 7 heteroatoms. The molecule has 0 radical (unpaired) electrons. The van der Waals surface area contributed by atoms with Gasteiger partial charge in [-0.15, -0.1) is 0 Å². The lowest BCUT2D eigenvalue weighted by atomic mass is 10.2. The quantitative estimate of drug-likeness (QED) is 0.647. The van der Waals surface area contributed by atoms with Gasteiger partial charge in [0.05, 0.1) is 21.3 Å². The van der Waals surface area contributed by atoms with Gasteiger partial charge in [0.15, 0.2) is 11.5 Å². The SMILES string of the molecule is COc1cc(C)cc(OC)c1OC.OB(O)O. The predicted molar refractivity (Wildman–Crippen MR) is 63.2 cm³/mol. The van der Waals surface area contributed by atoms with Crippen LogP contribution < -0.4 is 14.2 Å². The summed E-state index contributed by atoms with van der Waals surface area (Å²) >= 11 is 0. The molecule has 1 aromatic carbocycles. The zero-order valence-electron chi connectivity index (χ0n) is 10.3.